The summed E-state index contributed by atoms with van der Waals surface area (Å²) in [6.45, 7) is 3.12. The van der Waals surface area contributed by atoms with Crippen molar-refractivity contribution in [2.24, 2.45) is 0 Å². The molecule has 0 radical (unpaired) electrons. The highest BCUT2D eigenvalue weighted by molar-refractivity contribution is 7.10. The first-order valence-corrected chi connectivity index (χ1v) is 11.5. The van der Waals surface area contributed by atoms with Gasteiger partial charge in [0.2, 0.25) is 0 Å². The van der Waals surface area contributed by atoms with Crippen molar-refractivity contribution in [3.8, 4) is 0 Å². The van der Waals surface area contributed by atoms with E-state index in [1.807, 2.05) is 36.6 Å². The first-order chi connectivity index (χ1) is 14.6. The van der Waals surface area contributed by atoms with E-state index in [1.165, 1.54) is 30.6 Å². The van der Waals surface area contributed by atoms with Crippen LogP contribution in [0.3, 0.4) is 0 Å². The number of rotatable bonds is 9. The van der Waals surface area contributed by atoms with Gasteiger partial charge in [-0.1, -0.05) is 43.0 Å². The van der Waals surface area contributed by atoms with E-state index in [0.717, 1.165) is 29.7 Å². The Hall–Kier alpha value is -2.44. The highest BCUT2D eigenvalue weighted by Gasteiger charge is 2.16. The molecule has 0 atom stereocenters. The summed E-state index contributed by atoms with van der Waals surface area (Å²) in [5, 5.41) is 7.61. The number of carbonyl (C=O) groups is 2. The monoisotopic (exact) mass is 426 g/mol. The van der Waals surface area contributed by atoms with Gasteiger partial charge < -0.3 is 15.4 Å². The predicted molar refractivity (Wildman–Crippen MR) is 121 cm³/mol. The van der Waals surface area contributed by atoms with Crippen molar-refractivity contribution in [3.63, 3.8) is 0 Å². The Balaban J connectivity index is 1.53. The second kappa shape index (κ2) is 11.7. The van der Waals surface area contributed by atoms with Crippen molar-refractivity contribution in [2.75, 3.05) is 13.2 Å². The topological polar surface area (TPSA) is 67.4 Å². The minimum atomic E-state index is -0.298. The number of aryl methyl sites for hydroxylation is 1. The molecule has 1 fully saturated rings. The third kappa shape index (κ3) is 7.11. The first-order valence-electron chi connectivity index (χ1n) is 10.6. The lowest BCUT2D eigenvalue weighted by Gasteiger charge is -2.22. The number of thiophene rings is 1. The van der Waals surface area contributed by atoms with E-state index in [1.54, 1.807) is 18.2 Å². The number of ether oxygens (including phenoxy) is 1. The van der Waals surface area contributed by atoms with Gasteiger partial charge in [-0.2, -0.15) is 0 Å². The highest BCUT2D eigenvalue weighted by Crippen LogP contribution is 2.20. The maximum absolute atomic E-state index is 12.7. The lowest BCUT2D eigenvalue weighted by molar-refractivity contribution is -0.117. The largest absolute Gasteiger partial charge is 0.378 e. The van der Waals surface area contributed by atoms with Crippen LogP contribution in [0.2, 0.25) is 0 Å². The molecule has 5 nitrogen and oxygen atoms in total. The molecule has 30 heavy (non-hydrogen) atoms. The van der Waals surface area contributed by atoms with E-state index in [2.05, 4.69) is 10.6 Å². The molecular formula is C24H30N2O3S. The van der Waals surface area contributed by atoms with Crippen molar-refractivity contribution in [1.82, 2.24) is 10.6 Å². The number of carbonyl (C=O) groups excluding carboxylic acids is 2. The van der Waals surface area contributed by atoms with Gasteiger partial charge in [-0.05, 0) is 55.8 Å². The number of hydrogen-bond acceptors (Lipinski definition) is 4. The summed E-state index contributed by atoms with van der Waals surface area (Å²) in [6, 6.07) is 11.1. The molecule has 1 heterocycles. The molecule has 2 N–H and O–H groups in total. The maximum Gasteiger partial charge on any atom is 0.267 e. The SMILES string of the molecule is Cc1ccc(C(=O)N/C(=C\c2cccs2)C(=O)NCCCOC2CCCCC2)cc1. The summed E-state index contributed by atoms with van der Waals surface area (Å²) >= 11 is 1.51. The Kier molecular flexibility index (Phi) is 8.66. The Morgan fingerprint density at radius 1 is 1.13 bits per heavy atom. The Morgan fingerprint density at radius 3 is 2.60 bits per heavy atom. The van der Waals surface area contributed by atoms with Gasteiger partial charge in [0.25, 0.3) is 11.8 Å². The van der Waals surface area contributed by atoms with Crippen LogP contribution in [0.15, 0.2) is 47.5 Å². The third-order valence-electron chi connectivity index (χ3n) is 5.15. The van der Waals surface area contributed by atoms with Crippen LogP contribution in [0, 0.1) is 6.92 Å². The zero-order valence-corrected chi connectivity index (χ0v) is 18.3. The average molecular weight is 427 g/mol. The van der Waals surface area contributed by atoms with Crippen LogP contribution in [0.5, 0.6) is 0 Å². The van der Waals surface area contributed by atoms with Crippen LogP contribution in [-0.4, -0.2) is 31.1 Å². The standard InChI is InChI=1S/C24H30N2O3S/c1-18-10-12-19(13-11-18)23(27)26-22(17-21-9-5-16-30-21)24(28)25-14-6-15-29-20-7-3-2-4-8-20/h5,9-13,16-17,20H,2-4,6-8,14-15H2,1H3,(H,25,28)(H,26,27)/b22-17-. The van der Waals surface area contributed by atoms with Gasteiger partial charge in [-0.25, -0.2) is 0 Å². The smallest absolute Gasteiger partial charge is 0.267 e. The zero-order chi connectivity index (χ0) is 21.2. The fourth-order valence-electron chi connectivity index (χ4n) is 3.42. The molecule has 1 aliphatic carbocycles. The van der Waals surface area contributed by atoms with Gasteiger partial charge in [0.15, 0.2) is 0 Å². The van der Waals surface area contributed by atoms with Gasteiger partial charge in [0, 0.05) is 23.6 Å². The van der Waals surface area contributed by atoms with Crippen molar-refractivity contribution in [3.05, 3.63) is 63.5 Å². The first kappa shape index (κ1) is 22.2. The molecule has 1 aliphatic rings. The molecule has 1 saturated carbocycles. The van der Waals surface area contributed by atoms with Gasteiger partial charge in [-0.3, -0.25) is 9.59 Å². The second-order valence-corrected chi connectivity index (χ2v) is 8.61. The molecule has 6 heteroatoms. The molecule has 0 unspecified atom stereocenters. The van der Waals surface area contributed by atoms with Crippen LogP contribution >= 0.6 is 11.3 Å². The lowest BCUT2D eigenvalue weighted by atomic mass is 9.98. The molecule has 1 aromatic carbocycles. The number of amides is 2. The molecule has 2 amide bonds. The molecule has 2 aromatic rings. The molecule has 3 rings (SSSR count). The molecule has 0 bridgehead atoms. The number of benzene rings is 1. The minimum absolute atomic E-state index is 0.247. The number of nitrogens with one attached hydrogen (secondary N) is 2. The summed E-state index contributed by atoms with van der Waals surface area (Å²) < 4.78 is 5.91. The minimum Gasteiger partial charge on any atom is -0.378 e. The number of hydrogen-bond donors (Lipinski definition) is 2. The van der Waals surface area contributed by atoms with Crippen LogP contribution in [0.1, 0.15) is 59.3 Å². The van der Waals surface area contributed by atoms with Crippen molar-refractivity contribution in [2.45, 2.75) is 51.6 Å². The molecule has 0 spiro atoms. The normalized spacial score (nSPS) is 15.0. The third-order valence-corrected chi connectivity index (χ3v) is 5.97. The summed E-state index contributed by atoms with van der Waals surface area (Å²) in [7, 11) is 0. The van der Waals surface area contributed by atoms with Crippen molar-refractivity contribution in [1.29, 1.82) is 0 Å². The average Bonchev–Trinajstić information content (AvgIpc) is 3.27. The van der Waals surface area contributed by atoms with E-state index < -0.39 is 0 Å². The molecule has 0 aliphatic heterocycles. The second-order valence-electron chi connectivity index (χ2n) is 7.63. The molecule has 0 saturated heterocycles. The summed E-state index contributed by atoms with van der Waals surface area (Å²) in [6.07, 6.45) is 8.93. The summed E-state index contributed by atoms with van der Waals surface area (Å²) in [4.78, 5) is 26.2. The van der Waals surface area contributed by atoms with Crippen molar-refractivity contribution >= 4 is 29.2 Å². The summed E-state index contributed by atoms with van der Waals surface area (Å²) in [5.41, 5.74) is 1.84. The lowest BCUT2D eigenvalue weighted by Crippen LogP contribution is -2.35. The van der Waals surface area contributed by atoms with Gasteiger partial charge in [-0.15, -0.1) is 11.3 Å². The zero-order valence-electron chi connectivity index (χ0n) is 17.5. The maximum atomic E-state index is 12.7. The predicted octanol–water partition coefficient (Wildman–Crippen LogP) is 4.68. The van der Waals surface area contributed by atoms with Gasteiger partial charge in [0.05, 0.1) is 6.10 Å². The van der Waals surface area contributed by atoms with Crippen molar-refractivity contribution < 1.29 is 14.3 Å². The van der Waals surface area contributed by atoms with Crippen LogP contribution in [0.4, 0.5) is 0 Å². The van der Waals surface area contributed by atoms with E-state index in [9.17, 15) is 9.59 Å². The van der Waals surface area contributed by atoms with E-state index in [-0.39, 0.29) is 17.5 Å². The van der Waals surface area contributed by atoms with Crippen LogP contribution in [-0.2, 0) is 9.53 Å². The quantitative estimate of drug-likeness (QED) is 0.452. The fourth-order valence-corrected chi connectivity index (χ4v) is 4.08. The Morgan fingerprint density at radius 2 is 1.90 bits per heavy atom. The van der Waals surface area contributed by atoms with E-state index >= 15 is 0 Å². The summed E-state index contributed by atoms with van der Waals surface area (Å²) in [5.74, 6) is -0.588. The van der Waals surface area contributed by atoms with E-state index in [0.29, 0.717) is 24.8 Å². The van der Waals surface area contributed by atoms with Crippen LogP contribution in [0.25, 0.3) is 6.08 Å². The highest BCUT2D eigenvalue weighted by atomic mass is 32.1. The van der Waals surface area contributed by atoms with Gasteiger partial charge >= 0.3 is 0 Å². The fraction of sp³-hybridized carbons (Fsp3) is 0.417. The molecule has 1 aromatic heterocycles. The molecular weight excluding hydrogens is 396 g/mol. The van der Waals surface area contributed by atoms with Gasteiger partial charge in [0.1, 0.15) is 5.70 Å². The van der Waals surface area contributed by atoms with E-state index in [4.69, 9.17) is 4.74 Å². The Labute approximate surface area is 182 Å². The van der Waals surface area contributed by atoms with Crippen LogP contribution < -0.4 is 10.6 Å². The molecule has 160 valence electrons. The Bertz CT molecular complexity index is 838.